The van der Waals surface area contributed by atoms with Crippen LogP contribution in [0, 0.1) is 0 Å². The van der Waals surface area contributed by atoms with Crippen LogP contribution in [0.1, 0.15) is 23.6 Å². The quantitative estimate of drug-likeness (QED) is 0.579. The molecule has 0 bridgehead atoms. The Balaban J connectivity index is 1.53. The first-order valence-corrected chi connectivity index (χ1v) is 11.6. The van der Waals surface area contributed by atoms with Crippen molar-refractivity contribution >= 4 is 0 Å². The van der Waals surface area contributed by atoms with Gasteiger partial charge in [-0.3, -0.25) is 9.80 Å². The summed E-state index contributed by atoms with van der Waals surface area (Å²) in [6, 6.07) is 14.9. The lowest BCUT2D eigenvalue weighted by atomic mass is 10.1. The van der Waals surface area contributed by atoms with Crippen molar-refractivity contribution in [3.8, 4) is 11.5 Å². The van der Waals surface area contributed by atoms with Gasteiger partial charge in [0.05, 0.1) is 7.11 Å². The maximum absolute atomic E-state index is 10.5. The molecule has 1 fully saturated rings. The topological polar surface area (TPSA) is 48.4 Å². The van der Waals surface area contributed by atoms with Gasteiger partial charge in [-0.1, -0.05) is 37.3 Å². The molecule has 6 heteroatoms. The zero-order valence-corrected chi connectivity index (χ0v) is 20.1. The lowest BCUT2D eigenvalue weighted by Gasteiger charge is -2.33. The van der Waals surface area contributed by atoms with Gasteiger partial charge in [0.2, 0.25) is 0 Å². The highest BCUT2D eigenvalue weighted by molar-refractivity contribution is 5.43. The van der Waals surface area contributed by atoms with E-state index in [1.807, 2.05) is 12.1 Å². The van der Waals surface area contributed by atoms with Crippen molar-refractivity contribution in [1.82, 2.24) is 14.7 Å². The molecular weight excluding hydrogens is 402 g/mol. The summed E-state index contributed by atoms with van der Waals surface area (Å²) >= 11 is 0. The normalized spacial score (nSPS) is 16.3. The predicted octanol–water partition coefficient (Wildman–Crippen LogP) is 2.88. The Bertz CT molecular complexity index is 820. The summed E-state index contributed by atoms with van der Waals surface area (Å²) in [6.45, 7) is 8.81. The third-order valence-corrected chi connectivity index (χ3v) is 6.06. The van der Waals surface area contributed by atoms with Gasteiger partial charge in [-0.25, -0.2) is 0 Å². The fourth-order valence-corrected chi connectivity index (χ4v) is 4.06. The molecule has 176 valence electrons. The van der Waals surface area contributed by atoms with Crippen molar-refractivity contribution in [3.63, 3.8) is 0 Å². The molecule has 0 spiro atoms. The summed E-state index contributed by atoms with van der Waals surface area (Å²) in [7, 11) is 5.91. The Morgan fingerprint density at radius 3 is 2.22 bits per heavy atom. The van der Waals surface area contributed by atoms with Crippen LogP contribution >= 0.6 is 0 Å². The number of ether oxygens (including phenoxy) is 2. The Morgan fingerprint density at radius 1 is 0.938 bits per heavy atom. The number of hydrogen-bond acceptors (Lipinski definition) is 6. The van der Waals surface area contributed by atoms with E-state index >= 15 is 0 Å². The number of nitrogens with zero attached hydrogens (tertiary/aromatic N) is 3. The van der Waals surface area contributed by atoms with Crippen LogP contribution in [0.5, 0.6) is 11.5 Å². The van der Waals surface area contributed by atoms with Crippen LogP contribution in [0.15, 0.2) is 42.5 Å². The maximum Gasteiger partial charge on any atom is 0.161 e. The zero-order chi connectivity index (χ0) is 22.9. The molecule has 2 aromatic carbocycles. The number of benzene rings is 2. The SMILES string of the molecule is CCc1ccc(CN(C)Cc2ccc(OC)c(OCC(O)CN3CCN(C)CC3)c2)cc1. The van der Waals surface area contributed by atoms with Crippen LogP contribution in [-0.4, -0.2) is 86.4 Å². The van der Waals surface area contributed by atoms with Gasteiger partial charge < -0.3 is 19.5 Å². The lowest BCUT2D eigenvalue weighted by Crippen LogP contribution is -2.47. The molecule has 0 amide bonds. The molecule has 1 atom stereocenters. The standard InChI is InChI=1S/C26H39N3O3/c1-5-21-6-8-22(9-7-21)17-28(3)18-23-10-11-25(31-4)26(16-23)32-20-24(30)19-29-14-12-27(2)13-15-29/h6-11,16,24,30H,5,12-15,17-20H2,1-4H3. The summed E-state index contributed by atoms with van der Waals surface area (Å²) in [5.74, 6) is 1.38. The van der Waals surface area contributed by atoms with Crippen LogP contribution in [-0.2, 0) is 19.5 Å². The molecule has 3 rings (SSSR count). The van der Waals surface area contributed by atoms with Gasteiger partial charge in [-0.15, -0.1) is 0 Å². The summed E-state index contributed by atoms with van der Waals surface area (Å²) < 4.78 is 11.5. The van der Waals surface area contributed by atoms with Gasteiger partial charge in [-0.2, -0.15) is 0 Å². The van der Waals surface area contributed by atoms with Crippen LogP contribution in [0.2, 0.25) is 0 Å². The zero-order valence-electron chi connectivity index (χ0n) is 20.1. The molecule has 1 aliphatic heterocycles. The molecule has 32 heavy (non-hydrogen) atoms. The molecule has 1 saturated heterocycles. The minimum atomic E-state index is -0.527. The minimum absolute atomic E-state index is 0.256. The van der Waals surface area contributed by atoms with Gasteiger partial charge in [-0.05, 0) is 49.3 Å². The smallest absolute Gasteiger partial charge is 0.161 e. The molecule has 1 N–H and O–H groups in total. The van der Waals surface area contributed by atoms with Crippen molar-refractivity contribution in [1.29, 1.82) is 0 Å². The highest BCUT2D eigenvalue weighted by Gasteiger charge is 2.18. The van der Waals surface area contributed by atoms with Crippen molar-refractivity contribution in [2.24, 2.45) is 0 Å². The molecule has 0 radical (unpaired) electrons. The predicted molar refractivity (Wildman–Crippen MR) is 129 cm³/mol. The second-order valence-corrected chi connectivity index (χ2v) is 8.90. The summed E-state index contributed by atoms with van der Waals surface area (Å²) in [5.41, 5.74) is 3.83. The van der Waals surface area contributed by atoms with E-state index in [1.165, 1.54) is 11.1 Å². The molecular formula is C26H39N3O3. The molecule has 0 saturated carbocycles. The number of likely N-dealkylation sites (N-methyl/N-ethyl adjacent to an activating group) is 1. The lowest BCUT2D eigenvalue weighted by molar-refractivity contribution is 0.0497. The van der Waals surface area contributed by atoms with Crippen molar-refractivity contribution in [3.05, 3.63) is 59.2 Å². The van der Waals surface area contributed by atoms with Gasteiger partial charge in [0.15, 0.2) is 11.5 Å². The fourth-order valence-electron chi connectivity index (χ4n) is 4.06. The van der Waals surface area contributed by atoms with Crippen LogP contribution in [0.25, 0.3) is 0 Å². The number of hydrogen-bond donors (Lipinski definition) is 1. The Labute approximate surface area is 193 Å². The second kappa shape index (κ2) is 12.2. The number of β-amino-alcohol motifs (C(OH)–C–C–N with tert-alkyl or cyclic N) is 1. The number of rotatable bonds is 11. The van der Waals surface area contributed by atoms with Crippen LogP contribution in [0.3, 0.4) is 0 Å². The van der Waals surface area contributed by atoms with Gasteiger partial charge in [0, 0.05) is 45.8 Å². The van der Waals surface area contributed by atoms with E-state index in [4.69, 9.17) is 9.47 Å². The second-order valence-electron chi connectivity index (χ2n) is 8.90. The highest BCUT2D eigenvalue weighted by atomic mass is 16.5. The van der Waals surface area contributed by atoms with E-state index in [1.54, 1.807) is 7.11 Å². The molecule has 1 unspecified atom stereocenters. The minimum Gasteiger partial charge on any atom is -0.493 e. The number of piperazine rings is 1. The fraction of sp³-hybridized carbons (Fsp3) is 0.538. The van der Waals surface area contributed by atoms with E-state index in [-0.39, 0.29) is 6.61 Å². The van der Waals surface area contributed by atoms with E-state index < -0.39 is 6.10 Å². The number of aryl methyl sites for hydroxylation is 1. The van der Waals surface area contributed by atoms with Crippen molar-refractivity contribution in [2.75, 3.05) is 60.5 Å². The Kier molecular flexibility index (Phi) is 9.36. The first-order chi connectivity index (χ1) is 15.5. The van der Waals surface area contributed by atoms with E-state index in [2.05, 4.69) is 66.1 Å². The maximum atomic E-state index is 10.5. The number of aliphatic hydroxyl groups excluding tert-OH is 1. The number of aliphatic hydroxyl groups is 1. The van der Waals surface area contributed by atoms with Gasteiger partial charge in [0.25, 0.3) is 0 Å². The van der Waals surface area contributed by atoms with E-state index in [0.29, 0.717) is 18.0 Å². The summed E-state index contributed by atoms with van der Waals surface area (Å²) in [6.07, 6.45) is 0.537. The van der Waals surface area contributed by atoms with E-state index in [9.17, 15) is 5.11 Å². The molecule has 1 aliphatic rings. The molecule has 6 nitrogen and oxygen atoms in total. The Hall–Kier alpha value is -2.12. The number of methoxy groups -OCH3 is 1. The molecule has 1 heterocycles. The largest absolute Gasteiger partial charge is 0.493 e. The molecule has 2 aromatic rings. The Morgan fingerprint density at radius 2 is 1.56 bits per heavy atom. The third-order valence-electron chi connectivity index (χ3n) is 6.06. The first kappa shape index (κ1) is 24.5. The van der Waals surface area contributed by atoms with E-state index in [0.717, 1.165) is 51.3 Å². The van der Waals surface area contributed by atoms with Crippen LogP contribution < -0.4 is 9.47 Å². The summed E-state index contributed by atoms with van der Waals surface area (Å²) in [4.78, 5) is 6.89. The van der Waals surface area contributed by atoms with Crippen LogP contribution in [0.4, 0.5) is 0 Å². The average Bonchev–Trinajstić information content (AvgIpc) is 2.80. The average molecular weight is 442 g/mol. The molecule has 0 aliphatic carbocycles. The molecule has 0 aromatic heterocycles. The first-order valence-electron chi connectivity index (χ1n) is 11.6. The third kappa shape index (κ3) is 7.48. The monoisotopic (exact) mass is 441 g/mol. The summed E-state index contributed by atoms with van der Waals surface area (Å²) in [5, 5.41) is 10.5. The van der Waals surface area contributed by atoms with Crippen molar-refractivity contribution < 1.29 is 14.6 Å². The van der Waals surface area contributed by atoms with Crippen molar-refractivity contribution in [2.45, 2.75) is 32.5 Å². The van der Waals surface area contributed by atoms with Gasteiger partial charge >= 0.3 is 0 Å². The van der Waals surface area contributed by atoms with Gasteiger partial charge in [0.1, 0.15) is 12.7 Å². The highest BCUT2D eigenvalue weighted by Crippen LogP contribution is 2.29.